The SMILES string of the molecule is CC(C)(C)c1ccc(S(=O)(=O)Nc2ccc3[nH]c(C(=O)NCCN4CCOCC4)c(-c4ccc(CC#N)cc4)c3c2)cc1. The van der Waals surface area contributed by atoms with Gasteiger partial charge in [0.05, 0.1) is 30.6 Å². The van der Waals surface area contributed by atoms with Crippen LogP contribution in [0.5, 0.6) is 0 Å². The number of hydrogen-bond donors (Lipinski definition) is 3. The Kier molecular flexibility index (Phi) is 8.87. The molecule has 0 unspecified atom stereocenters. The van der Waals surface area contributed by atoms with Gasteiger partial charge < -0.3 is 15.0 Å². The molecule has 3 N–H and O–H groups in total. The van der Waals surface area contributed by atoms with E-state index in [1.807, 2.05) is 36.4 Å². The first-order valence-electron chi connectivity index (χ1n) is 14.4. The monoisotopic (exact) mass is 599 g/mol. The number of morpholine rings is 1. The minimum absolute atomic E-state index is 0.0925. The van der Waals surface area contributed by atoms with Crippen LogP contribution in [0.3, 0.4) is 0 Å². The molecule has 2 heterocycles. The maximum atomic E-state index is 13.5. The molecule has 1 saturated heterocycles. The van der Waals surface area contributed by atoms with Gasteiger partial charge in [-0.3, -0.25) is 14.4 Å². The number of rotatable bonds is 9. The lowest BCUT2D eigenvalue weighted by Gasteiger charge is -2.26. The largest absolute Gasteiger partial charge is 0.379 e. The Balaban J connectivity index is 1.46. The molecule has 4 aromatic rings. The van der Waals surface area contributed by atoms with E-state index in [4.69, 9.17) is 10.00 Å². The molecule has 0 saturated carbocycles. The molecular weight excluding hydrogens is 562 g/mol. The molecule has 10 heteroatoms. The fourth-order valence-corrected chi connectivity index (χ4v) is 6.24. The number of H-pyrrole nitrogens is 1. The standard InChI is InChI=1S/C33H37N5O4S/c1-33(2,3)25-8-11-27(12-9-25)43(40,41)37-26-10-13-29-28(22-26)30(24-6-4-23(5-7-24)14-15-34)31(36-29)32(39)35-16-17-38-18-20-42-21-19-38/h4-13,22,36-37H,14,16-21H2,1-3H3,(H,35,39). The van der Waals surface area contributed by atoms with Crippen LogP contribution in [0, 0.1) is 11.3 Å². The van der Waals surface area contributed by atoms with Gasteiger partial charge >= 0.3 is 0 Å². The summed E-state index contributed by atoms with van der Waals surface area (Å²) in [6, 6.07) is 21.8. The highest BCUT2D eigenvalue weighted by atomic mass is 32.2. The number of aromatic nitrogens is 1. The molecule has 1 aliphatic heterocycles. The number of benzene rings is 3. The predicted octanol–water partition coefficient (Wildman–Crippen LogP) is 5.06. The fourth-order valence-electron chi connectivity index (χ4n) is 5.19. The lowest BCUT2D eigenvalue weighted by atomic mass is 9.87. The highest BCUT2D eigenvalue weighted by Crippen LogP contribution is 2.35. The second-order valence-electron chi connectivity index (χ2n) is 11.8. The Bertz CT molecular complexity index is 1740. The number of nitrogens with one attached hydrogen (secondary N) is 3. The first-order chi connectivity index (χ1) is 20.5. The molecule has 3 aromatic carbocycles. The number of aromatic amines is 1. The Labute approximate surface area is 252 Å². The number of sulfonamides is 1. The van der Waals surface area contributed by atoms with Crippen molar-refractivity contribution in [2.24, 2.45) is 0 Å². The number of nitriles is 1. The van der Waals surface area contributed by atoms with Gasteiger partial charge in [-0.2, -0.15) is 5.26 Å². The maximum Gasteiger partial charge on any atom is 0.268 e. The summed E-state index contributed by atoms with van der Waals surface area (Å²) in [5, 5.41) is 12.8. The molecule has 0 aliphatic carbocycles. The molecule has 0 spiro atoms. The first-order valence-corrected chi connectivity index (χ1v) is 15.9. The molecule has 0 atom stereocenters. The Morgan fingerprint density at radius 2 is 1.72 bits per heavy atom. The zero-order chi connectivity index (χ0) is 30.6. The number of nitrogens with zero attached hydrogens (tertiary/aromatic N) is 2. The van der Waals surface area contributed by atoms with Crippen LogP contribution in [0.4, 0.5) is 5.69 Å². The lowest BCUT2D eigenvalue weighted by molar-refractivity contribution is 0.0383. The van der Waals surface area contributed by atoms with E-state index >= 15 is 0 Å². The molecular formula is C33H37N5O4S. The van der Waals surface area contributed by atoms with Gasteiger partial charge in [0.25, 0.3) is 15.9 Å². The predicted molar refractivity (Wildman–Crippen MR) is 169 cm³/mol. The minimum atomic E-state index is -3.85. The summed E-state index contributed by atoms with van der Waals surface area (Å²) in [7, 11) is -3.85. The third-order valence-corrected chi connectivity index (χ3v) is 9.05. The summed E-state index contributed by atoms with van der Waals surface area (Å²) in [6.07, 6.45) is 0.283. The van der Waals surface area contributed by atoms with Crippen molar-refractivity contribution < 1.29 is 17.9 Å². The second kappa shape index (κ2) is 12.6. The molecule has 224 valence electrons. The lowest BCUT2D eigenvalue weighted by Crippen LogP contribution is -2.41. The van der Waals surface area contributed by atoms with Crippen molar-refractivity contribution in [2.45, 2.75) is 37.5 Å². The summed E-state index contributed by atoms with van der Waals surface area (Å²) < 4.78 is 34.7. The van der Waals surface area contributed by atoms with Crippen molar-refractivity contribution >= 4 is 32.5 Å². The zero-order valence-electron chi connectivity index (χ0n) is 24.7. The van der Waals surface area contributed by atoms with Crippen LogP contribution in [0.2, 0.25) is 0 Å². The molecule has 1 fully saturated rings. The second-order valence-corrected chi connectivity index (χ2v) is 13.4. The van der Waals surface area contributed by atoms with Gasteiger partial charge in [-0.05, 0) is 52.4 Å². The van der Waals surface area contributed by atoms with Crippen LogP contribution in [0.15, 0.2) is 71.6 Å². The van der Waals surface area contributed by atoms with Crippen molar-refractivity contribution in [1.29, 1.82) is 5.26 Å². The maximum absolute atomic E-state index is 13.5. The van der Waals surface area contributed by atoms with Gasteiger partial charge in [0.2, 0.25) is 0 Å². The van der Waals surface area contributed by atoms with Crippen LogP contribution in [0.25, 0.3) is 22.0 Å². The average Bonchev–Trinajstić information content (AvgIpc) is 3.37. The third-order valence-electron chi connectivity index (χ3n) is 7.65. The van der Waals surface area contributed by atoms with Crippen molar-refractivity contribution in [3.8, 4) is 17.2 Å². The van der Waals surface area contributed by atoms with E-state index in [0.29, 0.717) is 47.6 Å². The van der Waals surface area contributed by atoms with E-state index in [0.717, 1.165) is 36.3 Å². The smallest absolute Gasteiger partial charge is 0.268 e. The fraction of sp³-hybridized carbons (Fsp3) is 0.333. The van der Waals surface area contributed by atoms with Crippen molar-refractivity contribution in [2.75, 3.05) is 44.1 Å². The van der Waals surface area contributed by atoms with Crippen molar-refractivity contribution in [3.63, 3.8) is 0 Å². The molecule has 9 nitrogen and oxygen atoms in total. The number of hydrogen-bond acceptors (Lipinski definition) is 6. The molecule has 5 rings (SSSR count). The Morgan fingerprint density at radius 3 is 2.37 bits per heavy atom. The summed E-state index contributed by atoms with van der Waals surface area (Å²) in [4.78, 5) is 19.2. The number of anilines is 1. The van der Waals surface area contributed by atoms with E-state index in [2.05, 4.69) is 46.8 Å². The van der Waals surface area contributed by atoms with Gasteiger partial charge in [0.1, 0.15) is 5.69 Å². The topological polar surface area (TPSA) is 127 Å². The van der Waals surface area contributed by atoms with Crippen LogP contribution < -0.4 is 10.0 Å². The van der Waals surface area contributed by atoms with Crippen molar-refractivity contribution in [3.05, 3.63) is 83.6 Å². The van der Waals surface area contributed by atoms with Gasteiger partial charge in [-0.1, -0.05) is 57.2 Å². The number of amides is 1. The van der Waals surface area contributed by atoms with Crippen LogP contribution in [-0.4, -0.2) is 63.6 Å². The van der Waals surface area contributed by atoms with Gasteiger partial charge in [0, 0.05) is 48.3 Å². The highest BCUT2D eigenvalue weighted by molar-refractivity contribution is 7.92. The molecule has 0 bridgehead atoms. The number of carbonyl (C=O) groups is 1. The number of fused-ring (bicyclic) bond motifs is 1. The van der Waals surface area contributed by atoms with E-state index in [-0.39, 0.29) is 22.6 Å². The van der Waals surface area contributed by atoms with Gasteiger partial charge in [-0.25, -0.2) is 8.42 Å². The van der Waals surface area contributed by atoms with Gasteiger partial charge in [-0.15, -0.1) is 0 Å². The summed E-state index contributed by atoms with van der Waals surface area (Å²) >= 11 is 0. The Morgan fingerprint density at radius 1 is 1.02 bits per heavy atom. The molecule has 1 aromatic heterocycles. The molecule has 1 amide bonds. The number of ether oxygens (including phenoxy) is 1. The molecule has 43 heavy (non-hydrogen) atoms. The molecule has 0 radical (unpaired) electrons. The van der Waals surface area contributed by atoms with E-state index in [9.17, 15) is 13.2 Å². The van der Waals surface area contributed by atoms with Gasteiger partial charge in [0.15, 0.2) is 0 Å². The molecule has 1 aliphatic rings. The first kappa shape index (κ1) is 30.3. The average molecular weight is 600 g/mol. The van der Waals surface area contributed by atoms with Crippen LogP contribution in [-0.2, 0) is 26.6 Å². The van der Waals surface area contributed by atoms with E-state index in [1.54, 1.807) is 30.3 Å². The summed E-state index contributed by atoms with van der Waals surface area (Å²) in [5.74, 6) is -0.248. The quantitative estimate of drug-likeness (QED) is 0.247. The third kappa shape index (κ3) is 7.08. The van der Waals surface area contributed by atoms with Crippen LogP contribution >= 0.6 is 0 Å². The normalized spacial score (nSPS) is 14.4. The van der Waals surface area contributed by atoms with Crippen molar-refractivity contribution in [1.82, 2.24) is 15.2 Å². The van der Waals surface area contributed by atoms with Crippen LogP contribution in [0.1, 0.15) is 42.4 Å². The van der Waals surface area contributed by atoms with E-state index < -0.39 is 10.0 Å². The minimum Gasteiger partial charge on any atom is -0.379 e. The highest BCUT2D eigenvalue weighted by Gasteiger charge is 2.22. The summed E-state index contributed by atoms with van der Waals surface area (Å²) in [5.41, 5.74) is 4.74. The van der Waals surface area contributed by atoms with E-state index in [1.165, 1.54) is 0 Å². The zero-order valence-corrected chi connectivity index (χ0v) is 25.6. The number of carbonyl (C=O) groups excluding carboxylic acids is 1. The Hall–Kier alpha value is -4.17. The summed E-state index contributed by atoms with van der Waals surface area (Å²) in [6.45, 7) is 10.5.